The molecule has 0 aromatic heterocycles. The van der Waals surface area contributed by atoms with E-state index in [4.69, 9.17) is 5.73 Å². The molecule has 1 atom stereocenters. The van der Waals surface area contributed by atoms with Gasteiger partial charge in [-0.2, -0.15) is 13.2 Å². The Bertz CT molecular complexity index is 486. The molecule has 0 aliphatic rings. The molecule has 1 unspecified atom stereocenters. The highest BCUT2D eigenvalue weighted by Gasteiger charge is 2.30. The van der Waals surface area contributed by atoms with Crippen LogP contribution in [0.4, 0.5) is 13.2 Å². The van der Waals surface area contributed by atoms with Gasteiger partial charge in [-0.3, -0.25) is 4.79 Å². The highest BCUT2D eigenvalue weighted by Crippen LogP contribution is 2.31. The first-order chi connectivity index (χ1) is 10.4. The first-order valence-electron chi connectivity index (χ1n) is 7.16. The number of amides is 1. The summed E-state index contributed by atoms with van der Waals surface area (Å²) in [6.45, 7) is 2.42. The fraction of sp³-hybridized carbons (Fsp3) is 0.533. The molecule has 1 amide bonds. The third kappa shape index (κ3) is 8.48. The van der Waals surface area contributed by atoms with Crippen molar-refractivity contribution in [2.45, 2.75) is 43.3 Å². The average Bonchev–Trinajstić information content (AvgIpc) is 2.48. The lowest BCUT2D eigenvalue weighted by molar-refractivity contribution is -0.137. The van der Waals surface area contributed by atoms with Crippen LogP contribution in [0.15, 0.2) is 29.2 Å². The number of carbonyl (C=O) groups is 1. The van der Waals surface area contributed by atoms with Crippen molar-refractivity contribution in [3.8, 4) is 0 Å². The zero-order chi connectivity index (χ0) is 16.6. The molecule has 0 bridgehead atoms. The second kappa shape index (κ2) is 10.8. The molecule has 0 heterocycles. The number of benzene rings is 1. The zero-order valence-corrected chi connectivity index (χ0v) is 14.5. The standard InChI is InChI=1S/C15H21F3N2OS.ClH/c1-2-3-6-12(9-19)20-14(21)10-22-13-7-4-5-11(8-13)15(16,17)18;/h4-5,7-8,12H,2-3,6,9-10,19H2,1H3,(H,20,21);1H. The van der Waals surface area contributed by atoms with Gasteiger partial charge in [0, 0.05) is 17.5 Å². The van der Waals surface area contributed by atoms with E-state index in [9.17, 15) is 18.0 Å². The monoisotopic (exact) mass is 370 g/mol. The Hall–Kier alpha value is -0.920. The van der Waals surface area contributed by atoms with Crippen molar-refractivity contribution in [3.63, 3.8) is 0 Å². The summed E-state index contributed by atoms with van der Waals surface area (Å²) in [6.07, 6.45) is -1.56. The third-order valence-corrected chi connectivity index (χ3v) is 4.08. The molecule has 8 heteroatoms. The highest BCUT2D eigenvalue weighted by atomic mass is 35.5. The van der Waals surface area contributed by atoms with Crippen LogP contribution in [0.2, 0.25) is 0 Å². The molecular formula is C15H22ClF3N2OS. The lowest BCUT2D eigenvalue weighted by atomic mass is 10.1. The second-order valence-corrected chi connectivity index (χ2v) is 6.01. The maximum atomic E-state index is 12.6. The molecule has 0 saturated heterocycles. The van der Waals surface area contributed by atoms with E-state index in [2.05, 4.69) is 12.2 Å². The van der Waals surface area contributed by atoms with Gasteiger partial charge in [-0.1, -0.05) is 25.8 Å². The number of nitrogens with two attached hydrogens (primary N) is 1. The lowest BCUT2D eigenvalue weighted by Gasteiger charge is -2.16. The molecule has 1 aromatic rings. The van der Waals surface area contributed by atoms with Gasteiger partial charge in [0.25, 0.3) is 0 Å². The summed E-state index contributed by atoms with van der Waals surface area (Å²) >= 11 is 1.08. The molecule has 132 valence electrons. The molecule has 0 fully saturated rings. The fourth-order valence-electron chi connectivity index (χ4n) is 1.88. The van der Waals surface area contributed by atoms with E-state index in [0.29, 0.717) is 11.4 Å². The number of hydrogen-bond donors (Lipinski definition) is 2. The lowest BCUT2D eigenvalue weighted by Crippen LogP contribution is -2.41. The predicted octanol–water partition coefficient (Wildman–Crippen LogP) is 3.85. The van der Waals surface area contributed by atoms with Crippen LogP contribution in [0.25, 0.3) is 0 Å². The van der Waals surface area contributed by atoms with Gasteiger partial charge >= 0.3 is 6.18 Å². The summed E-state index contributed by atoms with van der Waals surface area (Å²) < 4.78 is 37.8. The zero-order valence-electron chi connectivity index (χ0n) is 12.9. The molecule has 0 radical (unpaired) electrons. The van der Waals surface area contributed by atoms with E-state index in [0.717, 1.165) is 43.2 Å². The van der Waals surface area contributed by atoms with Crippen molar-refractivity contribution in [1.82, 2.24) is 5.32 Å². The maximum absolute atomic E-state index is 12.6. The molecule has 1 rings (SSSR count). The van der Waals surface area contributed by atoms with Crippen LogP contribution in [-0.4, -0.2) is 24.2 Å². The van der Waals surface area contributed by atoms with Crippen LogP contribution in [0.1, 0.15) is 31.7 Å². The minimum Gasteiger partial charge on any atom is -0.351 e. The van der Waals surface area contributed by atoms with Crippen LogP contribution in [-0.2, 0) is 11.0 Å². The van der Waals surface area contributed by atoms with E-state index in [-0.39, 0.29) is 30.1 Å². The van der Waals surface area contributed by atoms with E-state index in [1.807, 2.05) is 0 Å². The number of alkyl halides is 3. The molecule has 0 spiro atoms. The van der Waals surface area contributed by atoms with Crippen LogP contribution in [0.3, 0.4) is 0 Å². The van der Waals surface area contributed by atoms with Crippen molar-refractivity contribution in [3.05, 3.63) is 29.8 Å². The second-order valence-electron chi connectivity index (χ2n) is 4.96. The number of nitrogens with one attached hydrogen (secondary N) is 1. The smallest absolute Gasteiger partial charge is 0.351 e. The summed E-state index contributed by atoms with van der Waals surface area (Å²) in [5.74, 6) is -0.141. The highest BCUT2D eigenvalue weighted by molar-refractivity contribution is 8.00. The Morgan fingerprint density at radius 3 is 2.65 bits per heavy atom. The summed E-state index contributed by atoms with van der Waals surface area (Å²) in [5.41, 5.74) is 4.88. The van der Waals surface area contributed by atoms with E-state index in [1.54, 1.807) is 6.07 Å². The molecule has 3 N–H and O–H groups in total. The molecule has 0 saturated carbocycles. The Morgan fingerprint density at radius 2 is 2.09 bits per heavy atom. The minimum atomic E-state index is -4.37. The van der Waals surface area contributed by atoms with Gasteiger partial charge in [0.05, 0.1) is 11.3 Å². The van der Waals surface area contributed by atoms with Crippen molar-refractivity contribution in [2.24, 2.45) is 5.73 Å². The topological polar surface area (TPSA) is 55.1 Å². The van der Waals surface area contributed by atoms with Crippen LogP contribution >= 0.6 is 24.2 Å². The van der Waals surface area contributed by atoms with Gasteiger partial charge in [0.2, 0.25) is 5.91 Å². The predicted molar refractivity (Wildman–Crippen MR) is 89.9 cm³/mol. The Morgan fingerprint density at radius 1 is 1.39 bits per heavy atom. The normalized spacial score (nSPS) is 12.4. The molecule has 23 heavy (non-hydrogen) atoms. The summed E-state index contributed by atoms with van der Waals surface area (Å²) in [5, 5.41) is 2.81. The number of halogens is 4. The SMILES string of the molecule is CCCCC(CN)NC(=O)CSc1cccc(C(F)(F)F)c1.Cl. The first kappa shape index (κ1) is 22.1. The van der Waals surface area contributed by atoms with Gasteiger partial charge in [0.1, 0.15) is 0 Å². The molecule has 1 aromatic carbocycles. The van der Waals surface area contributed by atoms with Crippen molar-refractivity contribution >= 4 is 30.1 Å². The van der Waals surface area contributed by atoms with E-state index < -0.39 is 11.7 Å². The number of carbonyl (C=O) groups excluding carboxylic acids is 1. The Kier molecular flexibility index (Phi) is 10.3. The fourth-order valence-corrected chi connectivity index (χ4v) is 2.65. The van der Waals surface area contributed by atoms with Crippen LogP contribution in [0, 0.1) is 0 Å². The molecular weight excluding hydrogens is 349 g/mol. The molecule has 0 aliphatic carbocycles. The van der Waals surface area contributed by atoms with E-state index in [1.165, 1.54) is 6.07 Å². The Balaban J connectivity index is 0.00000484. The largest absolute Gasteiger partial charge is 0.416 e. The number of hydrogen-bond acceptors (Lipinski definition) is 3. The summed E-state index contributed by atoms with van der Waals surface area (Å²) in [6, 6.07) is 4.89. The quantitative estimate of drug-likeness (QED) is 0.683. The van der Waals surface area contributed by atoms with Crippen LogP contribution < -0.4 is 11.1 Å². The summed E-state index contributed by atoms with van der Waals surface area (Å²) in [7, 11) is 0. The number of rotatable bonds is 8. The van der Waals surface area contributed by atoms with Crippen molar-refractivity contribution in [1.29, 1.82) is 0 Å². The van der Waals surface area contributed by atoms with Crippen molar-refractivity contribution < 1.29 is 18.0 Å². The third-order valence-electron chi connectivity index (χ3n) is 3.09. The minimum absolute atomic E-state index is 0. The van der Waals surface area contributed by atoms with Gasteiger partial charge < -0.3 is 11.1 Å². The number of unbranched alkanes of at least 4 members (excludes halogenated alkanes) is 1. The van der Waals surface area contributed by atoms with Crippen LogP contribution in [0.5, 0.6) is 0 Å². The maximum Gasteiger partial charge on any atom is 0.416 e. The summed E-state index contributed by atoms with van der Waals surface area (Å²) in [4.78, 5) is 12.2. The number of thioether (sulfide) groups is 1. The average molecular weight is 371 g/mol. The van der Waals surface area contributed by atoms with Gasteiger partial charge in [-0.15, -0.1) is 24.2 Å². The first-order valence-corrected chi connectivity index (χ1v) is 8.14. The van der Waals surface area contributed by atoms with Crippen molar-refractivity contribution in [2.75, 3.05) is 12.3 Å². The van der Waals surface area contributed by atoms with E-state index >= 15 is 0 Å². The van der Waals surface area contributed by atoms with Gasteiger partial charge in [-0.05, 0) is 24.6 Å². The Labute approximate surface area is 145 Å². The molecule has 0 aliphatic heterocycles. The van der Waals surface area contributed by atoms with Gasteiger partial charge in [-0.25, -0.2) is 0 Å². The van der Waals surface area contributed by atoms with Gasteiger partial charge in [0.15, 0.2) is 0 Å². The molecule has 3 nitrogen and oxygen atoms in total.